The van der Waals surface area contributed by atoms with Gasteiger partial charge in [0.1, 0.15) is 10.6 Å². The number of amides is 1. The number of carbonyl (C=O) groups excluding carboxylic acids is 1. The predicted molar refractivity (Wildman–Crippen MR) is 107 cm³/mol. The van der Waals surface area contributed by atoms with E-state index in [0.717, 1.165) is 36.0 Å². The average Bonchev–Trinajstić information content (AvgIpc) is 3.17. The highest BCUT2D eigenvalue weighted by molar-refractivity contribution is 7.20. The number of piperazine rings is 1. The zero-order valence-corrected chi connectivity index (χ0v) is 17.3. The first-order valence-electron chi connectivity index (χ1n) is 9.24. The van der Waals surface area contributed by atoms with Gasteiger partial charge < -0.3 is 13.9 Å². The Labute approximate surface area is 166 Å². The molecule has 3 aromatic heterocycles. The van der Waals surface area contributed by atoms with Crippen molar-refractivity contribution >= 4 is 27.5 Å². The van der Waals surface area contributed by atoms with Gasteiger partial charge in [0.15, 0.2) is 0 Å². The fourth-order valence-corrected chi connectivity index (χ4v) is 4.57. The van der Waals surface area contributed by atoms with Crippen LogP contribution < -0.4 is 5.56 Å². The Hall–Kier alpha value is -2.52. The van der Waals surface area contributed by atoms with Crippen molar-refractivity contribution in [3.05, 3.63) is 44.5 Å². The summed E-state index contributed by atoms with van der Waals surface area (Å²) in [7, 11) is 1.67. The SMILES string of the molecule is Cc1nc(CN2CCN(C(=O)c3sc4ncn(C)c(=O)c4c3C)CC2)oc1C. The van der Waals surface area contributed by atoms with Gasteiger partial charge in [-0.05, 0) is 26.3 Å². The fraction of sp³-hybridized carbons (Fsp3) is 0.474. The minimum Gasteiger partial charge on any atom is -0.444 e. The van der Waals surface area contributed by atoms with E-state index in [1.54, 1.807) is 7.05 Å². The molecule has 3 aromatic rings. The first-order valence-corrected chi connectivity index (χ1v) is 10.1. The molecular formula is C19H23N5O3S. The van der Waals surface area contributed by atoms with Gasteiger partial charge in [-0.1, -0.05) is 0 Å². The number of fused-ring (bicyclic) bond motifs is 1. The zero-order valence-electron chi connectivity index (χ0n) is 16.5. The second-order valence-electron chi connectivity index (χ2n) is 7.21. The molecule has 0 unspecified atom stereocenters. The number of nitrogens with zero attached hydrogens (tertiary/aromatic N) is 5. The molecule has 9 heteroatoms. The third-order valence-corrected chi connectivity index (χ3v) is 6.48. The Kier molecular flexibility index (Phi) is 4.80. The second kappa shape index (κ2) is 7.14. The maximum Gasteiger partial charge on any atom is 0.264 e. The lowest BCUT2D eigenvalue weighted by atomic mass is 10.2. The Balaban J connectivity index is 1.47. The molecule has 28 heavy (non-hydrogen) atoms. The molecule has 4 heterocycles. The van der Waals surface area contributed by atoms with Crippen LogP contribution >= 0.6 is 11.3 Å². The van der Waals surface area contributed by atoms with Gasteiger partial charge in [0.05, 0.1) is 28.8 Å². The minimum absolute atomic E-state index is 0.0231. The van der Waals surface area contributed by atoms with Crippen LogP contribution in [0.25, 0.3) is 10.2 Å². The largest absolute Gasteiger partial charge is 0.444 e. The maximum atomic E-state index is 13.0. The van der Waals surface area contributed by atoms with Gasteiger partial charge in [-0.2, -0.15) is 0 Å². The van der Waals surface area contributed by atoms with Crippen LogP contribution in [0.2, 0.25) is 0 Å². The third kappa shape index (κ3) is 3.24. The lowest BCUT2D eigenvalue weighted by Crippen LogP contribution is -2.48. The lowest BCUT2D eigenvalue weighted by molar-refractivity contribution is 0.0622. The van der Waals surface area contributed by atoms with Crippen molar-refractivity contribution in [1.29, 1.82) is 0 Å². The van der Waals surface area contributed by atoms with Crippen LogP contribution in [-0.2, 0) is 13.6 Å². The van der Waals surface area contributed by atoms with Gasteiger partial charge in [-0.15, -0.1) is 11.3 Å². The van der Waals surface area contributed by atoms with E-state index in [9.17, 15) is 9.59 Å². The van der Waals surface area contributed by atoms with E-state index in [0.29, 0.717) is 34.7 Å². The summed E-state index contributed by atoms with van der Waals surface area (Å²) in [6.45, 7) is 9.13. The Morgan fingerprint density at radius 3 is 2.57 bits per heavy atom. The number of thiophene rings is 1. The first kappa shape index (κ1) is 18.8. The van der Waals surface area contributed by atoms with E-state index in [1.165, 1.54) is 22.2 Å². The number of hydrogen-bond donors (Lipinski definition) is 0. The molecule has 1 aliphatic rings. The molecule has 148 valence electrons. The molecular weight excluding hydrogens is 378 g/mol. The quantitative estimate of drug-likeness (QED) is 0.666. The van der Waals surface area contributed by atoms with Gasteiger partial charge in [0.2, 0.25) is 5.89 Å². The van der Waals surface area contributed by atoms with Gasteiger partial charge in [0.25, 0.3) is 11.5 Å². The highest BCUT2D eigenvalue weighted by atomic mass is 32.1. The molecule has 4 rings (SSSR count). The summed E-state index contributed by atoms with van der Waals surface area (Å²) in [5, 5.41) is 0.548. The summed E-state index contributed by atoms with van der Waals surface area (Å²) in [4.78, 5) is 39.5. The standard InChI is InChI=1S/C19H23N5O3S/c1-11-15-17(20-10-22(4)18(15)25)28-16(11)19(26)24-7-5-23(6-8-24)9-14-21-12(2)13(3)27-14/h10H,5-9H2,1-4H3. The van der Waals surface area contributed by atoms with Crippen molar-refractivity contribution in [2.24, 2.45) is 7.05 Å². The van der Waals surface area contributed by atoms with Crippen LogP contribution in [-0.4, -0.2) is 56.4 Å². The van der Waals surface area contributed by atoms with Crippen LogP contribution in [0.1, 0.15) is 32.6 Å². The number of hydrogen-bond acceptors (Lipinski definition) is 7. The zero-order chi connectivity index (χ0) is 20.0. The van der Waals surface area contributed by atoms with E-state index < -0.39 is 0 Å². The Bertz CT molecular complexity index is 1090. The fourth-order valence-electron chi connectivity index (χ4n) is 3.46. The smallest absolute Gasteiger partial charge is 0.264 e. The molecule has 1 aliphatic heterocycles. The van der Waals surface area contributed by atoms with Crippen molar-refractivity contribution in [2.75, 3.05) is 26.2 Å². The average molecular weight is 401 g/mol. The van der Waals surface area contributed by atoms with E-state index in [-0.39, 0.29) is 11.5 Å². The molecule has 0 bridgehead atoms. The third-order valence-electron chi connectivity index (χ3n) is 5.30. The number of rotatable bonds is 3. The van der Waals surface area contributed by atoms with Crippen molar-refractivity contribution in [1.82, 2.24) is 24.3 Å². The summed E-state index contributed by atoms with van der Waals surface area (Å²) in [6.07, 6.45) is 1.50. The summed E-state index contributed by atoms with van der Waals surface area (Å²) in [6, 6.07) is 0. The van der Waals surface area contributed by atoms with Gasteiger partial charge in [-0.25, -0.2) is 9.97 Å². The van der Waals surface area contributed by atoms with Gasteiger partial charge >= 0.3 is 0 Å². The van der Waals surface area contributed by atoms with Crippen molar-refractivity contribution < 1.29 is 9.21 Å². The molecule has 8 nitrogen and oxygen atoms in total. The summed E-state index contributed by atoms with van der Waals surface area (Å²) >= 11 is 1.30. The number of oxazole rings is 1. The molecule has 1 fully saturated rings. The number of carbonyl (C=O) groups is 1. The predicted octanol–water partition coefficient (Wildman–Crippen LogP) is 1.87. The number of aromatic nitrogens is 3. The van der Waals surface area contributed by atoms with E-state index in [4.69, 9.17) is 4.42 Å². The molecule has 1 amide bonds. The highest BCUT2D eigenvalue weighted by Gasteiger charge is 2.27. The van der Waals surface area contributed by atoms with Crippen molar-refractivity contribution in [3.63, 3.8) is 0 Å². The number of aryl methyl sites for hydroxylation is 4. The van der Waals surface area contributed by atoms with Crippen molar-refractivity contribution in [3.8, 4) is 0 Å². The molecule has 0 radical (unpaired) electrons. The maximum absolute atomic E-state index is 13.0. The monoisotopic (exact) mass is 401 g/mol. The topological polar surface area (TPSA) is 84.5 Å². The van der Waals surface area contributed by atoms with Gasteiger partial charge in [0, 0.05) is 33.2 Å². The van der Waals surface area contributed by atoms with Crippen LogP contribution in [0, 0.1) is 20.8 Å². The molecule has 1 saturated heterocycles. The van der Waals surface area contributed by atoms with Crippen molar-refractivity contribution in [2.45, 2.75) is 27.3 Å². The van der Waals surface area contributed by atoms with E-state index >= 15 is 0 Å². The molecule has 0 N–H and O–H groups in total. The minimum atomic E-state index is -0.112. The molecule has 0 atom stereocenters. The normalized spacial score (nSPS) is 15.5. The van der Waals surface area contributed by atoms with E-state index in [2.05, 4.69) is 14.9 Å². The van der Waals surface area contributed by atoms with Gasteiger partial charge in [-0.3, -0.25) is 14.5 Å². The Morgan fingerprint density at radius 2 is 1.93 bits per heavy atom. The second-order valence-corrected chi connectivity index (χ2v) is 8.21. The van der Waals surface area contributed by atoms with Crippen LogP contribution in [0.15, 0.2) is 15.5 Å². The highest BCUT2D eigenvalue weighted by Crippen LogP contribution is 2.28. The first-order chi connectivity index (χ1) is 13.3. The molecule has 0 saturated carbocycles. The molecule has 0 aromatic carbocycles. The van der Waals surface area contributed by atoms with Crippen LogP contribution in [0.5, 0.6) is 0 Å². The Morgan fingerprint density at radius 1 is 1.21 bits per heavy atom. The molecule has 0 spiro atoms. The lowest BCUT2D eigenvalue weighted by Gasteiger charge is -2.33. The summed E-state index contributed by atoms with van der Waals surface area (Å²) < 4.78 is 7.11. The summed E-state index contributed by atoms with van der Waals surface area (Å²) in [5.41, 5.74) is 1.54. The van der Waals surface area contributed by atoms with Crippen LogP contribution in [0.3, 0.4) is 0 Å². The molecule has 0 aliphatic carbocycles. The van der Waals surface area contributed by atoms with E-state index in [1.807, 2.05) is 25.7 Å². The van der Waals surface area contributed by atoms with Crippen LogP contribution in [0.4, 0.5) is 0 Å². The summed E-state index contributed by atoms with van der Waals surface area (Å²) in [5.74, 6) is 1.55.